The maximum absolute atomic E-state index is 14.0. The third-order valence-electron chi connectivity index (χ3n) is 6.25. The lowest BCUT2D eigenvalue weighted by Crippen LogP contribution is -2.39. The lowest BCUT2D eigenvalue weighted by Gasteiger charge is -2.32. The van der Waals surface area contributed by atoms with Crippen LogP contribution >= 0.6 is 11.6 Å². The Morgan fingerprint density at radius 3 is 2.47 bits per heavy atom. The first-order valence-corrected chi connectivity index (χ1v) is 11.9. The molecular weight excluding hydrogens is 493 g/mol. The van der Waals surface area contributed by atoms with Crippen molar-refractivity contribution >= 4 is 23.4 Å². The number of piperidine rings is 1. The van der Waals surface area contributed by atoms with Gasteiger partial charge < -0.3 is 10.2 Å². The lowest BCUT2D eigenvalue weighted by atomic mass is 9.90. The highest BCUT2D eigenvalue weighted by atomic mass is 35.5. The van der Waals surface area contributed by atoms with Gasteiger partial charge in [0, 0.05) is 47.9 Å². The summed E-state index contributed by atoms with van der Waals surface area (Å²) in [4.78, 5) is 35.8. The molecule has 0 atom stereocenters. The standard InChI is InChI=1S/C26H24ClF3N4O2/c1-15-31-14-20(26(36)32-13-17-11-18(27)5-6-21(17)28)25(33-15)16-7-9-34(10-8-16)24(35)12-19-22(29)3-2-4-23(19)30/h2-6,11,14,16H,7-10,12-13H2,1H3,(H,32,36). The highest BCUT2D eigenvalue weighted by Gasteiger charge is 2.29. The average Bonchev–Trinajstić information content (AvgIpc) is 2.86. The van der Waals surface area contributed by atoms with Gasteiger partial charge in [-0.05, 0) is 50.1 Å². The SMILES string of the molecule is Cc1ncc(C(=O)NCc2cc(Cl)ccc2F)c(C2CCN(C(=O)Cc3c(F)cccc3F)CC2)n1. The van der Waals surface area contributed by atoms with Crippen molar-refractivity contribution in [2.24, 2.45) is 0 Å². The molecule has 0 aliphatic carbocycles. The Morgan fingerprint density at radius 2 is 1.78 bits per heavy atom. The van der Waals surface area contributed by atoms with Crippen LogP contribution in [0.15, 0.2) is 42.6 Å². The molecule has 36 heavy (non-hydrogen) atoms. The number of likely N-dealkylation sites (tertiary alicyclic amines) is 1. The largest absolute Gasteiger partial charge is 0.348 e. The normalized spacial score (nSPS) is 14.1. The molecule has 3 aromatic rings. The zero-order valence-corrected chi connectivity index (χ0v) is 20.3. The summed E-state index contributed by atoms with van der Waals surface area (Å²) in [6.07, 6.45) is 2.12. The van der Waals surface area contributed by atoms with Gasteiger partial charge >= 0.3 is 0 Å². The third kappa shape index (κ3) is 5.84. The van der Waals surface area contributed by atoms with E-state index in [-0.39, 0.29) is 41.5 Å². The van der Waals surface area contributed by atoms with Crippen LogP contribution < -0.4 is 5.32 Å². The van der Waals surface area contributed by atoms with Crippen LogP contribution in [0.3, 0.4) is 0 Å². The molecule has 1 aromatic heterocycles. The van der Waals surface area contributed by atoms with E-state index in [1.165, 1.54) is 30.5 Å². The van der Waals surface area contributed by atoms with Crippen LogP contribution in [0.1, 0.15) is 51.8 Å². The fraction of sp³-hybridized carbons (Fsp3) is 0.308. The molecule has 0 bridgehead atoms. The van der Waals surface area contributed by atoms with E-state index in [0.717, 1.165) is 12.1 Å². The van der Waals surface area contributed by atoms with E-state index in [1.54, 1.807) is 11.8 Å². The second kappa shape index (κ2) is 11.1. The van der Waals surface area contributed by atoms with Crippen LogP contribution in [0, 0.1) is 24.4 Å². The van der Waals surface area contributed by atoms with Crippen LogP contribution in [0.4, 0.5) is 13.2 Å². The molecular formula is C26H24ClF3N4O2. The molecule has 2 heterocycles. The van der Waals surface area contributed by atoms with Crippen molar-refractivity contribution in [3.8, 4) is 0 Å². The minimum Gasteiger partial charge on any atom is -0.348 e. The first kappa shape index (κ1) is 25.6. The van der Waals surface area contributed by atoms with Gasteiger partial charge in [0.25, 0.3) is 5.91 Å². The molecule has 2 aromatic carbocycles. The third-order valence-corrected chi connectivity index (χ3v) is 6.49. The minimum atomic E-state index is -0.747. The number of nitrogens with one attached hydrogen (secondary N) is 1. The van der Waals surface area contributed by atoms with Crippen molar-refractivity contribution in [1.82, 2.24) is 20.2 Å². The number of hydrogen-bond donors (Lipinski definition) is 1. The Hall–Kier alpha value is -3.46. The molecule has 1 aliphatic heterocycles. The summed E-state index contributed by atoms with van der Waals surface area (Å²) in [6, 6.07) is 7.63. The minimum absolute atomic E-state index is 0.0574. The average molecular weight is 517 g/mol. The molecule has 0 spiro atoms. The molecule has 1 fully saturated rings. The van der Waals surface area contributed by atoms with E-state index in [9.17, 15) is 22.8 Å². The Kier molecular flexibility index (Phi) is 7.88. The number of carbonyl (C=O) groups is 2. The van der Waals surface area contributed by atoms with Crippen molar-refractivity contribution < 1.29 is 22.8 Å². The molecule has 1 N–H and O–H groups in total. The monoisotopic (exact) mass is 516 g/mol. The lowest BCUT2D eigenvalue weighted by molar-refractivity contribution is -0.131. The molecule has 188 valence electrons. The summed E-state index contributed by atoms with van der Waals surface area (Å²) < 4.78 is 41.9. The maximum atomic E-state index is 14.0. The molecule has 6 nitrogen and oxygen atoms in total. The van der Waals surface area contributed by atoms with Crippen LogP contribution in [-0.2, 0) is 17.8 Å². The smallest absolute Gasteiger partial charge is 0.254 e. The van der Waals surface area contributed by atoms with Crippen LogP contribution in [0.2, 0.25) is 5.02 Å². The summed E-state index contributed by atoms with van der Waals surface area (Å²) in [7, 11) is 0. The fourth-order valence-electron chi connectivity index (χ4n) is 4.29. The van der Waals surface area contributed by atoms with Crippen LogP contribution in [0.25, 0.3) is 0 Å². The Morgan fingerprint density at radius 1 is 1.08 bits per heavy atom. The van der Waals surface area contributed by atoms with E-state index >= 15 is 0 Å². The van der Waals surface area contributed by atoms with Gasteiger partial charge in [-0.15, -0.1) is 0 Å². The number of rotatable bonds is 6. The predicted molar refractivity (Wildman–Crippen MR) is 128 cm³/mol. The summed E-state index contributed by atoms with van der Waals surface area (Å²) in [5.41, 5.74) is 0.842. The van der Waals surface area contributed by atoms with Crippen molar-refractivity contribution in [3.63, 3.8) is 0 Å². The predicted octanol–water partition coefficient (Wildman–Crippen LogP) is 4.73. The van der Waals surface area contributed by atoms with Gasteiger partial charge in [0.2, 0.25) is 5.91 Å². The van der Waals surface area contributed by atoms with Crippen LogP contribution in [-0.4, -0.2) is 39.8 Å². The number of hydrogen-bond acceptors (Lipinski definition) is 4. The number of benzene rings is 2. The number of aromatic nitrogens is 2. The van der Waals surface area contributed by atoms with Gasteiger partial charge in [-0.2, -0.15) is 0 Å². The topological polar surface area (TPSA) is 75.2 Å². The summed E-state index contributed by atoms with van der Waals surface area (Å²) in [5.74, 6) is -2.41. The molecule has 10 heteroatoms. The van der Waals surface area contributed by atoms with Crippen molar-refractivity contribution in [2.45, 2.75) is 38.6 Å². The number of nitrogens with zero attached hydrogens (tertiary/aromatic N) is 3. The molecule has 1 aliphatic rings. The van der Waals surface area contributed by atoms with Crippen molar-refractivity contribution in [1.29, 1.82) is 0 Å². The number of amides is 2. The van der Waals surface area contributed by atoms with Gasteiger partial charge in [0.15, 0.2) is 0 Å². The van der Waals surface area contributed by atoms with Gasteiger partial charge in [-0.25, -0.2) is 23.1 Å². The molecule has 4 rings (SSSR count). The maximum Gasteiger partial charge on any atom is 0.254 e. The van der Waals surface area contributed by atoms with Crippen molar-refractivity contribution in [2.75, 3.05) is 13.1 Å². The first-order chi connectivity index (χ1) is 17.2. The summed E-state index contributed by atoms with van der Waals surface area (Å²) >= 11 is 5.92. The Labute approximate surface area is 211 Å². The van der Waals surface area contributed by atoms with E-state index in [2.05, 4.69) is 15.3 Å². The molecule has 2 amide bonds. The fourth-order valence-corrected chi connectivity index (χ4v) is 4.48. The van der Waals surface area contributed by atoms with E-state index in [4.69, 9.17) is 11.6 Å². The van der Waals surface area contributed by atoms with E-state index in [1.807, 2.05) is 0 Å². The molecule has 0 unspecified atom stereocenters. The van der Waals surface area contributed by atoms with Crippen LogP contribution in [0.5, 0.6) is 0 Å². The summed E-state index contributed by atoms with van der Waals surface area (Å²) in [5, 5.41) is 3.05. The number of halogens is 4. The number of aryl methyl sites for hydroxylation is 1. The Bertz CT molecular complexity index is 1280. The second-order valence-electron chi connectivity index (χ2n) is 8.67. The Balaban J connectivity index is 1.42. The van der Waals surface area contributed by atoms with Gasteiger partial charge in [-0.3, -0.25) is 9.59 Å². The summed E-state index contributed by atoms with van der Waals surface area (Å²) in [6.45, 7) is 2.38. The second-order valence-corrected chi connectivity index (χ2v) is 9.10. The quantitative estimate of drug-likeness (QED) is 0.514. The van der Waals surface area contributed by atoms with E-state index in [0.29, 0.717) is 42.5 Å². The number of carbonyl (C=O) groups excluding carboxylic acids is 2. The zero-order chi connectivity index (χ0) is 25.8. The molecule has 0 radical (unpaired) electrons. The highest BCUT2D eigenvalue weighted by Crippen LogP contribution is 2.30. The van der Waals surface area contributed by atoms with E-state index < -0.39 is 23.4 Å². The zero-order valence-electron chi connectivity index (χ0n) is 19.5. The van der Waals surface area contributed by atoms with Gasteiger partial charge in [0.1, 0.15) is 23.3 Å². The van der Waals surface area contributed by atoms with Crippen molar-refractivity contribution in [3.05, 3.63) is 93.3 Å². The highest BCUT2D eigenvalue weighted by molar-refractivity contribution is 6.30. The molecule has 0 saturated carbocycles. The van der Waals surface area contributed by atoms with Gasteiger partial charge in [0.05, 0.1) is 17.7 Å². The molecule has 1 saturated heterocycles. The van der Waals surface area contributed by atoms with Gasteiger partial charge in [-0.1, -0.05) is 17.7 Å². The first-order valence-electron chi connectivity index (χ1n) is 11.5.